The van der Waals surface area contributed by atoms with Gasteiger partial charge in [0.25, 0.3) is 0 Å². The van der Waals surface area contributed by atoms with Gasteiger partial charge in [0, 0.05) is 18.0 Å². The maximum atomic E-state index is 11.5. The van der Waals surface area contributed by atoms with Crippen LogP contribution in [-0.2, 0) is 9.53 Å². The van der Waals surface area contributed by atoms with Crippen molar-refractivity contribution in [2.45, 2.75) is 19.0 Å². The summed E-state index contributed by atoms with van der Waals surface area (Å²) < 4.78 is 6.69. The molecular formula is C18H18N4O2S. The molecular weight excluding hydrogens is 336 g/mol. The van der Waals surface area contributed by atoms with Crippen molar-refractivity contribution in [2.75, 3.05) is 12.9 Å². The first-order valence-corrected chi connectivity index (χ1v) is 8.71. The summed E-state index contributed by atoms with van der Waals surface area (Å²) in [6.45, 7) is 4.08. The first kappa shape index (κ1) is 17.2. The normalized spacial score (nSPS) is 10.7. The SMILES string of the molecule is COC(=O)CSc1nnc(-c2cccnc2)n1-c1cc(C)ccc1C. The van der Waals surface area contributed by atoms with Crippen molar-refractivity contribution < 1.29 is 9.53 Å². The second-order valence-corrected chi connectivity index (χ2v) is 6.48. The zero-order valence-corrected chi connectivity index (χ0v) is 15.1. The fourth-order valence-corrected chi connectivity index (χ4v) is 3.18. The molecule has 128 valence electrons. The number of hydrogen-bond donors (Lipinski definition) is 0. The van der Waals surface area contributed by atoms with Crippen LogP contribution in [0.2, 0.25) is 0 Å². The van der Waals surface area contributed by atoms with Crippen molar-refractivity contribution in [3.8, 4) is 17.1 Å². The van der Waals surface area contributed by atoms with Crippen LogP contribution in [0.1, 0.15) is 11.1 Å². The summed E-state index contributed by atoms with van der Waals surface area (Å²) in [6, 6.07) is 10.0. The molecule has 0 atom stereocenters. The molecule has 0 radical (unpaired) electrons. The van der Waals surface area contributed by atoms with E-state index in [0.29, 0.717) is 11.0 Å². The fourth-order valence-electron chi connectivity index (χ4n) is 2.41. The third kappa shape index (κ3) is 3.71. The van der Waals surface area contributed by atoms with Crippen LogP contribution in [0, 0.1) is 13.8 Å². The molecule has 0 N–H and O–H groups in total. The Labute approximate surface area is 150 Å². The second kappa shape index (κ2) is 7.48. The Kier molecular flexibility index (Phi) is 5.14. The molecule has 0 bridgehead atoms. The summed E-state index contributed by atoms with van der Waals surface area (Å²) in [5, 5.41) is 9.26. The molecule has 3 aromatic rings. The number of benzene rings is 1. The van der Waals surface area contributed by atoms with E-state index >= 15 is 0 Å². The van der Waals surface area contributed by atoms with Crippen molar-refractivity contribution in [1.82, 2.24) is 19.7 Å². The molecule has 1 aromatic carbocycles. The van der Waals surface area contributed by atoms with Crippen LogP contribution in [0.25, 0.3) is 17.1 Å². The number of carbonyl (C=O) groups excluding carboxylic acids is 1. The van der Waals surface area contributed by atoms with Crippen LogP contribution >= 0.6 is 11.8 Å². The van der Waals surface area contributed by atoms with Gasteiger partial charge in [-0.2, -0.15) is 0 Å². The summed E-state index contributed by atoms with van der Waals surface area (Å²) in [4.78, 5) is 15.7. The number of rotatable bonds is 5. The van der Waals surface area contributed by atoms with Gasteiger partial charge in [-0.3, -0.25) is 14.3 Å². The predicted molar refractivity (Wildman–Crippen MR) is 96.8 cm³/mol. The van der Waals surface area contributed by atoms with Crippen molar-refractivity contribution in [1.29, 1.82) is 0 Å². The van der Waals surface area contributed by atoms with Crippen LogP contribution in [0.4, 0.5) is 0 Å². The van der Waals surface area contributed by atoms with Crippen LogP contribution in [-0.4, -0.2) is 38.6 Å². The molecule has 0 saturated heterocycles. The van der Waals surface area contributed by atoms with E-state index in [9.17, 15) is 4.79 Å². The minimum atomic E-state index is -0.302. The molecule has 0 unspecified atom stereocenters. The highest BCUT2D eigenvalue weighted by atomic mass is 32.2. The van der Waals surface area contributed by atoms with Crippen LogP contribution < -0.4 is 0 Å². The number of hydrogen-bond acceptors (Lipinski definition) is 6. The van der Waals surface area contributed by atoms with Gasteiger partial charge in [0.2, 0.25) is 0 Å². The van der Waals surface area contributed by atoms with Gasteiger partial charge < -0.3 is 4.74 Å². The molecule has 3 rings (SSSR count). The molecule has 0 aliphatic carbocycles. The molecule has 2 heterocycles. The Morgan fingerprint density at radius 1 is 1.24 bits per heavy atom. The van der Waals surface area contributed by atoms with Crippen LogP contribution in [0.3, 0.4) is 0 Å². The van der Waals surface area contributed by atoms with E-state index < -0.39 is 0 Å². The molecule has 6 nitrogen and oxygen atoms in total. The van der Waals surface area contributed by atoms with E-state index in [-0.39, 0.29) is 11.7 Å². The Morgan fingerprint density at radius 3 is 2.80 bits per heavy atom. The Balaban J connectivity index is 2.13. The number of esters is 1. The van der Waals surface area contributed by atoms with E-state index in [4.69, 9.17) is 4.74 Å². The number of aromatic nitrogens is 4. The maximum absolute atomic E-state index is 11.5. The smallest absolute Gasteiger partial charge is 0.316 e. The maximum Gasteiger partial charge on any atom is 0.316 e. The first-order chi connectivity index (χ1) is 12.1. The Hall–Kier alpha value is -2.67. The summed E-state index contributed by atoms with van der Waals surface area (Å²) in [6.07, 6.45) is 3.47. The highest BCUT2D eigenvalue weighted by molar-refractivity contribution is 7.99. The van der Waals surface area contributed by atoms with Crippen molar-refractivity contribution in [3.63, 3.8) is 0 Å². The summed E-state index contributed by atoms with van der Waals surface area (Å²) >= 11 is 1.30. The number of carbonyl (C=O) groups is 1. The van der Waals surface area contributed by atoms with E-state index in [1.165, 1.54) is 18.9 Å². The van der Waals surface area contributed by atoms with Gasteiger partial charge in [-0.25, -0.2) is 0 Å². The van der Waals surface area contributed by atoms with Gasteiger partial charge in [0.1, 0.15) is 0 Å². The second-order valence-electron chi connectivity index (χ2n) is 5.54. The molecule has 0 aliphatic heterocycles. The molecule has 7 heteroatoms. The van der Waals surface area contributed by atoms with Gasteiger partial charge in [-0.15, -0.1) is 10.2 Å². The van der Waals surface area contributed by atoms with E-state index in [2.05, 4.69) is 33.4 Å². The lowest BCUT2D eigenvalue weighted by Crippen LogP contribution is -2.06. The van der Waals surface area contributed by atoms with Gasteiger partial charge in [0.15, 0.2) is 11.0 Å². The number of ether oxygens (including phenoxy) is 1. The van der Waals surface area contributed by atoms with Crippen molar-refractivity contribution >= 4 is 17.7 Å². The summed E-state index contributed by atoms with van der Waals surface area (Å²) in [5.74, 6) is 0.560. The zero-order chi connectivity index (χ0) is 17.8. The zero-order valence-electron chi connectivity index (χ0n) is 14.3. The minimum absolute atomic E-state index is 0.173. The lowest BCUT2D eigenvalue weighted by atomic mass is 10.1. The van der Waals surface area contributed by atoms with Gasteiger partial charge in [0.05, 0.1) is 18.6 Å². The van der Waals surface area contributed by atoms with E-state index in [0.717, 1.165) is 22.4 Å². The summed E-state index contributed by atoms with van der Waals surface area (Å²) in [7, 11) is 1.37. The molecule has 0 amide bonds. The number of nitrogens with zero attached hydrogens (tertiary/aromatic N) is 4. The molecule has 25 heavy (non-hydrogen) atoms. The van der Waals surface area contributed by atoms with E-state index in [1.54, 1.807) is 12.4 Å². The Morgan fingerprint density at radius 2 is 2.08 bits per heavy atom. The van der Waals surface area contributed by atoms with Gasteiger partial charge in [-0.05, 0) is 43.2 Å². The van der Waals surface area contributed by atoms with Gasteiger partial charge >= 0.3 is 5.97 Å². The molecule has 0 spiro atoms. The lowest BCUT2D eigenvalue weighted by Gasteiger charge is -2.13. The summed E-state index contributed by atoms with van der Waals surface area (Å²) in [5.41, 5.74) is 4.07. The molecule has 0 aliphatic rings. The average Bonchev–Trinajstić information content (AvgIpc) is 3.06. The number of methoxy groups -OCH3 is 1. The topological polar surface area (TPSA) is 69.9 Å². The minimum Gasteiger partial charge on any atom is -0.468 e. The highest BCUT2D eigenvalue weighted by Crippen LogP contribution is 2.29. The van der Waals surface area contributed by atoms with Crippen LogP contribution in [0.15, 0.2) is 47.9 Å². The molecule has 2 aromatic heterocycles. The first-order valence-electron chi connectivity index (χ1n) is 7.73. The van der Waals surface area contributed by atoms with Gasteiger partial charge in [-0.1, -0.05) is 23.9 Å². The Bertz CT molecular complexity index is 893. The lowest BCUT2D eigenvalue weighted by molar-refractivity contribution is -0.137. The largest absolute Gasteiger partial charge is 0.468 e. The van der Waals surface area contributed by atoms with Crippen molar-refractivity contribution in [2.24, 2.45) is 0 Å². The fraction of sp³-hybridized carbons (Fsp3) is 0.222. The average molecular weight is 354 g/mol. The van der Waals surface area contributed by atoms with E-state index in [1.807, 2.05) is 30.5 Å². The quantitative estimate of drug-likeness (QED) is 0.518. The number of pyridine rings is 1. The van der Waals surface area contributed by atoms with Crippen LogP contribution in [0.5, 0.6) is 0 Å². The predicted octanol–water partition coefficient (Wildman–Crippen LogP) is 3.21. The standard InChI is InChI=1S/C18H18N4O2S/c1-12-6-7-13(2)15(9-12)22-17(14-5-4-8-19-10-14)20-21-18(22)25-11-16(23)24-3/h4-10H,11H2,1-3H3. The van der Waals surface area contributed by atoms with Crippen molar-refractivity contribution in [3.05, 3.63) is 53.9 Å². The highest BCUT2D eigenvalue weighted by Gasteiger charge is 2.18. The number of aryl methyl sites for hydroxylation is 2. The third-order valence-electron chi connectivity index (χ3n) is 3.71. The third-order valence-corrected chi connectivity index (χ3v) is 4.61. The molecule has 0 saturated carbocycles. The monoisotopic (exact) mass is 354 g/mol. The number of thioether (sulfide) groups is 1. The molecule has 0 fully saturated rings.